The molecule has 0 unspecified atom stereocenters. The normalized spacial score (nSPS) is 17.3. The van der Waals surface area contributed by atoms with Crippen LogP contribution in [0.25, 0.3) is 0 Å². The highest BCUT2D eigenvalue weighted by atomic mass is 16.6. The SMILES string of the molecule is CN1CCN(Cc2cccc(NC(=O)OC(C)(C)C)n2)CC1. The van der Waals surface area contributed by atoms with Crippen molar-refractivity contribution in [2.24, 2.45) is 0 Å². The van der Waals surface area contributed by atoms with E-state index in [-0.39, 0.29) is 0 Å². The van der Waals surface area contributed by atoms with Gasteiger partial charge < -0.3 is 9.64 Å². The van der Waals surface area contributed by atoms with Crippen molar-refractivity contribution >= 4 is 11.9 Å². The number of carbonyl (C=O) groups excluding carboxylic acids is 1. The zero-order valence-electron chi connectivity index (χ0n) is 13.9. The van der Waals surface area contributed by atoms with E-state index in [1.807, 2.05) is 32.9 Å². The van der Waals surface area contributed by atoms with E-state index in [4.69, 9.17) is 4.74 Å². The molecule has 2 heterocycles. The summed E-state index contributed by atoms with van der Waals surface area (Å²) in [6.07, 6.45) is -0.475. The van der Waals surface area contributed by atoms with Crippen LogP contribution in [0.4, 0.5) is 10.6 Å². The number of piperazine rings is 1. The Hall–Kier alpha value is -1.66. The van der Waals surface area contributed by atoms with Crippen LogP contribution in [0.2, 0.25) is 0 Å². The number of aromatic nitrogens is 1. The van der Waals surface area contributed by atoms with Crippen molar-refractivity contribution in [1.29, 1.82) is 0 Å². The monoisotopic (exact) mass is 306 g/mol. The molecule has 0 bridgehead atoms. The first-order chi connectivity index (χ1) is 10.3. The van der Waals surface area contributed by atoms with Gasteiger partial charge in [-0.1, -0.05) is 6.07 Å². The number of pyridine rings is 1. The minimum absolute atomic E-state index is 0.475. The number of nitrogens with one attached hydrogen (secondary N) is 1. The van der Waals surface area contributed by atoms with Gasteiger partial charge in [-0.05, 0) is 40.0 Å². The molecule has 6 heteroatoms. The van der Waals surface area contributed by atoms with Gasteiger partial charge in [-0.15, -0.1) is 0 Å². The van der Waals surface area contributed by atoms with Crippen molar-refractivity contribution in [1.82, 2.24) is 14.8 Å². The summed E-state index contributed by atoms with van der Waals surface area (Å²) in [6.45, 7) is 10.6. The predicted molar refractivity (Wildman–Crippen MR) is 86.9 cm³/mol. The Morgan fingerprint density at radius 2 is 1.95 bits per heavy atom. The van der Waals surface area contributed by atoms with Crippen molar-refractivity contribution in [2.45, 2.75) is 32.9 Å². The van der Waals surface area contributed by atoms with Crippen LogP contribution in [0.1, 0.15) is 26.5 Å². The van der Waals surface area contributed by atoms with Gasteiger partial charge >= 0.3 is 6.09 Å². The van der Waals surface area contributed by atoms with E-state index >= 15 is 0 Å². The fourth-order valence-electron chi connectivity index (χ4n) is 2.28. The van der Waals surface area contributed by atoms with E-state index in [0.29, 0.717) is 5.82 Å². The predicted octanol–water partition coefficient (Wildman–Crippen LogP) is 2.18. The van der Waals surface area contributed by atoms with E-state index < -0.39 is 11.7 Å². The highest BCUT2D eigenvalue weighted by Crippen LogP contribution is 2.12. The second kappa shape index (κ2) is 7.07. The molecule has 1 N–H and O–H groups in total. The van der Waals surface area contributed by atoms with Gasteiger partial charge in [0.25, 0.3) is 0 Å². The molecule has 1 aromatic rings. The molecule has 1 saturated heterocycles. The molecule has 0 aromatic carbocycles. The largest absolute Gasteiger partial charge is 0.444 e. The summed E-state index contributed by atoms with van der Waals surface area (Å²) in [5, 5.41) is 2.68. The second-order valence-electron chi connectivity index (χ2n) is 6.72. The molecule has 0 radical (unpaired) electrons. The number of hydrogen-bond donors (Lipinski definition) is 1. The summed E-state index contributed by atoms with van der Waals surface area (Å²) < 4.78 is 5.24. The number of carbonyl (C=O) groups is 1. The highest BCUT2D eigenvalue weighted by Gasteiger charge is 2.17. The van der Waals surface area contributed by atoms with Crippen LogP contribution in [0.3, 0.4) is 0 Å². The molecule has 6 nitrogen and oxygen atoms in total. The Bertz CT molecular complexity index is 505. The Kier molecular flexibility index (Phi) is 5.37. The average Bonchev–Trinajstić information content (AvgIpc) is 2.39. The van der Waals surface area contributed by atoms with E-state index in [1.54, 1.807) is 6.07 Å². The number of rotatable bonds is 3. The fraction of sp³-hybridized carbons (Fsp3) is 0.625. The number of likely N-dealkylation sites (N-methyl/N-ethyl adjacent to an activating group) is 1. The third-order valence-corrected chi connectivity index (χ3v) is 3.42. The molecule has 1 aromatic heterocycles. The van der Waals surface area contributed by atoms with Crippen LogP contribution in [0.15, 0.2) is 18.2 Å². The van der Waals surface area contributed by atoms with Crippen molar-refractivity contribution in [3.05, 3.63) is 23.9 Å². The molecule has 1 aliphatic heterocycles. The highest BCUT2D eigenvalue weighted by molar-refractivity contribution is 5.83. The Morgan fingerprint density at radius 3 is 2.59 bits per heavy atom. The van der Waals surface area contributed by atoms with Gasteiger partial charge in [0, 0.05) is 32.7 Å². The lowest BCUT2D eigenvalue weighted by Gasteiger charge is -2.32. The van der Waals surface area contributed by atoms with Gasteiger partial charge in [-0.2, -0.15) is 0 Å². The van der Waals surface area contributed by atoms with Gasteiger partial charge in [-0.3, -0.25) is 10.2 Å². The second-order valence-corrected chi connectivity index (χ2v) is 6.72. The van der Waals surface area contributed by atoms with Gasteiger partial charge in [-0.25, -0.2) is 9.78 Å². The molecule has 22 heavy (non-hydrogen) atoms. The lowest BCUT2D eigenvalue weighted by Crippen LogP contribution is -2.44. The van der Waals surface area contributed by atoms with Crippen molar-refractivity contribution < 1.29 is 9.53 Å². The third kappa shape index (κ3) is 5.61. The first-order valence-electron chi connectivity index (χ1n) is 7.69. The Balaban J connectivity index is 1.91. The van der Waals surface area contributed by atoms with Crippen LogP contribution in [0.5, 0.6) is 0 Å². The summed E-state index contributed by atoms with van der Waals surface area (Å²) in [4.78, 5) is 21.0. The molecule has 1 aliphatic rings. The molecule has 1 amide bonds. The summed E-state index contributed by atoms with van der Waals surface area (Å²) in [6, 6.07) is 5.67. The van der Waals surface area contributed by atoms with Gasteiger partial charge in [0.15, 0.2) is 0 Å². The molecule has 122 valence electrons. The van der Waals surface area contributed by atoms with E-state index in [0.717, 1.165) is 38.4 Å². The van der Waals surface area contributed by atoms with Crippen LogP contribution in [0, 0.1) is 0 Å². The molecule has 1 fully saturated rings. The van der Waals surface area contributed by atoms with Crippen LogP contribution >= 0.6 is 0 Å². The van der Waals surface area contributed by atoms with E-state index in [2.05, 4.69) is 27.1 Å². The number of nitrogens with zero attached hydrogens (tertiary/aromatic N) is 3. The van der Waals surface area contributed by atoms with Crippen LogP contribution in [-0.4, -0.2) is 59.7 Å². The maximum Gasteiger partial charge on any atom is 0.413 e. The third-order valence-electron chi connectivity index (χ3n) is 3.42. The maximum atomic E-state index is 11.8. The van der Waals surface area contributed by atoms with Gasteiger partial charge in [0.1, 0.15) is 11.4 Å². The number of amides is 1. The molecular weight excluding hydrogens is 280 g/mol. The first-order valence-corrected chi connectivity index (χ1v) is 7.69. The molecule has 0 spiro atoms. The topological polar surface area (TPSA) is 57.7 Å². The summed E-state index contributed by atoms with van der Waals surface area (Å²) in [7, 11) is 2.14. The lowest BCUT2D eigenvalue weighted by molar-refractivity contribution is 0.0635. The summed E-state index contributed by atoms with van der Waals surface area (Å²) in [5.74, 6) is 0.529. The van der Waals surface area contributed by atoms with E-state index in [1.165, 1.54) is 0 Å². The van der Waals surface area contributed by atoms with Gasteiger partial charge in [0.2, 0.25) is 0 Å². The van der Waals surface area contributed by atoms with Gasteiger partial charge in [0.05, 0.1) is 5.69 Å². The van der Waals surface area contributed by atoms with Crippen molar-refractivity contribution in [3.63, 3.8) is 0 Å². The van der Waals surface area contributed by atoms with Crippen molar-refractivity contribution in [2.75, 3.05) is 38.5 Å². The standard InChI is InChI=1S/C16H26N4O2/c1-16(2,3)22-15(21)18-14-7-5-6-13(17-14)12-20-10-8-19(4)9-11-20/h5-7H,8-12H2,1-4H3,(H,17,18,21). The first kappa shape index (κ1) is 16.7. The molecule has 0 aliphatic carbocycles. The van der Waals surface area contributed by atoms with Crippen molar-refractivity contribution in [3.8, 4) is 0 Å². The zero-order valence-corrected chi connectivity index (χ0v) is 13.9. The quantitative estimate of drug-likeness (QED) is 0.927. The molecule has 0 atom stereocenters. The molecule has 0 saturated carbocycles. The average molecular weight is 306 g/mol. The fourth-order valence-corrected chi connectivity index (χ4v) is 2.28. The Morgan fingerprint density at radius 1 is 1.27 bits per heavy atom. The smallest absolute Gasteiger partial charge is 0.413 e. The number of hydrogen-bond acceptors (Lipinski definition) is 5. The minimum atomic E-state index is -0.512. The molecular formula is C16H26N4O2. The van der Waals surface area contributed by atoms with E-state index in [9.17, 15) is 4.79 Å². The molecule has 2 rings (SSSR count). The summed E-state index contributed by atoms with van der Waals surface area (Å²) >= 11 is 0. The Labute approximate surface area is 132 Å². The number of anilines is 1. The number of ether oxygens (including phenoxy) is 1. The van der Waals surface area contributed by atoms with Crippen LogP contribution < -0.4 is 5.32 Å². The minimum Gasteiger partial charge on any atom is -0.444 e. The lowest BCUT2D eigenvalue weighted by atomic mass is 10.2. The maximum absolute atomic E-state index is 11.8. The zero-order chi connectivity index (χ0) is 16.2. The summed E-state index contributed by atoms with van der Waals surface area (Å²) in [5.41, 5.74) is 0.444. The van der Waals surface area contributed by atoms with Crippen LogP contribution in [-0.2, 0) is 11.3 Å².